The van der Waals surface area contributed by atoms with E-state index in [-0.39, 0.29) is 18.6 Å². The fraction of sp³-hybridized carbons (Fsp3) is 0.300. The number of carbonyl (C=O) groups is 2. The molecule has 1 aliphatic heterocycles. The van der Waals surface area contributed by atoms with E-state index in [1.807, 2.05) is 18.2 Å². The van der Waals surface area contributed by atoms with Crippen LogP contribution in [0.15, 0.2) is 41.7 Å². The van der Waals surface area contributed by atoms with Gasteiger partial charge in [-0.05, 0) is 25.0 Å². The third-order valence-corrected chi connectivity index (χ3v) is 6.62. The molecule has 3 aromatic rings. The number of anilines is 1. The number of likely N-dealkylation sites (tertiary alicyclic amines) is 1. The molecule has 0 bridgehead atoms. The molecule has 31 heavy (non-hydrogen) atoms. The van der Waals surface area contributed by atoms with E-state index >= 15 is 0 Å². The summed E-state index contributed by atoms with van der Waals surface area (Å²) in [7, 11) is 0. The van der Waals surface area contributed by atoms with Crippen LogP contribution in [0.2, 0.25) is 4.34 Å². The summed E-state index contributed by atoms with van der Waals surface area (Å²) in [5.74, 6) is 0.196. The molecule has 1 unspecified atom stereocenters. The zero-order chi connectivity index (χ0) is 21.8. The quantitative estimate of drug-likeness (QED) is 0.491. The summed E-state index contributed by atoms with van der Waals surface area (Å²) in [6, 6.07) is 5.30. The number of halogens is 1. The maximum Gasteiger partial charge on any atom is 0.410 e. The zero-order valence-corrected chi connectivity index (χ0v) is 18.9. The first kappa shape index (κ1) is 21.5. The number of aromatic nitrogens is 3. The Bertz CT molecular complexity index is 1080. The second-order valence-electron chi connectivity index (χ2n) is 6.82. The molecule has 0 aromatic carbocycles. The fourth-order valence-electron chi connectivity index (χ4n) is 3.40. The van der Waals surface area contributed by atoms with E-state index in [4.69, 9.17) is 16.3 Å². The lowest BCUT2D eigenvalue weighted by Crippen LogP contribution is -2.31. The van der Waals surface area contributed by atoms with Crippen molar-refractivity contribution in [3.63, 3.8) is 0 Å². The van der Waals surface area contributed by atoms with Crippen LogP contribution >= 0.6 is 34.3 Å². The zero-order valence-electron chi connectivity index (χ0n) is 16.5. The van der Waals surface area contributed by atoms with Crippen molar-refractivity contribution in [2.45, 2.75) is 25.4 Å². The van der Waals surface area contributed by atoms with Crippen LogP contribution in [0.5, 0.6) is 0 Å². The number of hydrogen-bond acceptors (Lipinski definition) is 8. The van der Waals surface area contributed by atoms with E-state index in [2.05, 4.69) is 22.0 Å². The van der Waals surface area contributed by atoms with Crippen molar-refractivity contribution in [3.05, 3.63) is 62.3 Å². The number of amides is 1. The van der Waals surface area contributed by atoms with Crippen LogP contribution in [0, 0.1) is 0 Å². The molecule has 3 aromatic heterocycles. The number of hydrogen-bond donors (Lipinski definition) is 1. The van der Waals surface area contributed by atoms with E-state index < -0.39 is 6.09 Å². The molecule has 0 aliphatic carbocycles. The van der Waals surface area contributed by atoms with Gasteiger partial charge in [-0.3, -0.25) is 9.69 Å². The van der Waals surface area contributed by atoms with Gasteiger partial charge in [0.1, 0.15) is 18.1 Å². The second-order valence-corrected chi connectivity index (χ2v) is 9.34. The SMILES string of the molecule is C=CCOC(=O)N1CCCC1c1cc(NCc2ccc(Cl)s2)n(C(=O)c2cscn2)n1. The van der Waals surface area contributed by atoms with Crippen LogP contribution < -0.4 is 5.32 Å². The Morgan fingerprint density at radius 3 is 3.00 bits per heavy atom. The number of nitrogens with zero attached hydrogens (tertiary/aromatic N) is 4. The predicted molar refractivity (Wildman–Crippen MR) is 121 cm³/mol. The van der Waals surface area contributed by atoms with Crippen LogP contribution in [0.25, 0.3) is 0 Å². The van der Waals surface area contributed by atoms with Crippen molar-refractivity contribution < 1.29 is 14.3 Å². The molecule has 8 nitrogen and oxygen atoms in total. The molecule has 0 saturated carbocycles. The molecule has 0 radical (unpaired) electrons. The van der Waals surface area contributed by atoms with Gasteiger partial charge in [-0.1, -0.05) is 24.3 Å². The highest BCUT2D eigenvalue weighted by Crippen LogP contribution is 2.33. The molecular weight excluding hydrogens is 458 g/mol. The van der Waals surface area contributed by atoms with Gasteiger partial charge in [0.15, 0.2) is 0 Å². The van der Waals surface area contributed by atoms with E-state index in [1.165, 1.54) is 33.4 Å². The molecule has 1 N–H and O–H groups in total. The average Bonchev–Trinajstić information content (AvgIpc) is 3.56. The van der Waals surface area contributed by atoms with Crippen molar-refractivity contribution >= 4 is 52.1 Å². The summed E-state index contributed by atoms with van der Waals surface area (Å²) in [6.07, 6.45) is 2.69. The summed E-state index contributed by atoms with van der Waals surface area (Å²) >= 11 is 8.82. The first-order valence-electron chi connectivity index (χ1n) is 9.62. The Morgan fingerprint density at radius 1 is 1.42 bits per heavy atom. The highest BCUT2D eigenvalue weighted by molar-refractivity contribution is 7.16. The predicted octanol–water partition coefficient (Wildman–Crippen LogP) is 4.81. The summed E-state index contributed by atoms with van der Waals surface area (Å²) in [6.45, 7) is 4.78. The van der Waals surface area contributed by atoms with E-state index in [9.17, 15) is 9.59 Å². The standard InChI is InChI=1S/C20H20ClN5O3S2/c1-2-8-29-20(28)25-7-3-4-16(25)14-9-18(22-10-13-5-6-17(21)31-13)26(24-14)19(27)15-11-30-12-23-15/h2,5-6,9,11-12,16,22H,1,3-4,7-8,10H2. The molecule has 162 valence electrons. The topological polar surface area (TPSA) is 89.4 Å². The average molecular weight is 478 g/mol. The van der Waals surface area contributed by atoms with E-state index in [1.54, 1.807) is 15.8 Å². The fourth-order valence-corrected chi connectivity index (χ4v) is 4.95. The highest BCUT2D eigenvalue weighted by Gasteiger charge is 2.34. The van der Waals surface area contributed by atoms with Gasteiger partial charge in [-0.2, -0.15) is 9.78 Å². The van der Waals surface area contributed by atoms with Crippen LogP contribution in [0.1, 0.15) is 39.9 Å². The van der Waals surface area contributed by atoms with Gasteiger partial charge in [-0.25, -0.2) is 9.78 Å². The number of ether oxygens (including phenoxy) is 1. The lowest BCUT2D eigenvalue weighted by Gasteiger charge is -2.22. The lowest BCUT2D eigenvalue weighted by molar-refractivity contribution is 0.0941. The summed E-state index contributed by atoms with van der Waals surface area (Å²) < 4.78 is 7.22. The van der Waals surface area contributed by atoms with Gasteiger partial charge in [-0.15, -0.1) is 22.7 Å². The van der Waals surface area contributed by atoms with E-state index in [0.717, 1.165) is 17.7 Å². The summed E-state index contributed by atoms with van der Waals surface area (Å²) in [5, 5.41) is 9.50. The Labute approximate surface area is 192 Å². The molecular formula is C20H20ClN5O3S2. The minimum atomic E-state index is -0.412. The van der Waals surface area contributed by atoms with Gasteiger partial charge in [0.05, 0.1) is 28.1 Å². The first-order chi connectivity index (χ1) is 15.1. The molecule has 0 spiro atoms. The first-order valence-corrected chi connectivity index (χ1v) is 11.8. The van der Waals surface area contributed by atoms with Crippen molar-refractivity contribution in [1.29, 1.82) is 0 Å². The van der Waals surface area contributed by atoms with E-state index in [0.29, 0.717) is 34.6 Å². The Kier molecular flexibility index (Phi) is 6.69. The van der Waals surface area contributed by atoms with Gasteiger partial charge in [0.25, 0.3) is 5.91 Å². The molecule has 4 rings (SSSR count). The number of rotatable bonds is 7. The number of thiophene rings is 1. The highest BCUT2D eigenvalue weighted by atomic mass is 35.5. The van der Waals surface area contributed by atoms with Crippen LogP contribution in [0.4, 0.5) is 10.6 Å². The number of nitrogens with one attached hydrogen (secondary N) is 1. The van der Waals surface area contributed by atoms with Crippen molar-refractivity contribution in [3.8, 4) is 0 Å². The molecule has 1 saturated heterocycles. The second kappa shape index (κ2) is 9.63. The molecule has 1 amide bonds. The minimum absolute atomic E-state index is 0.148. The maximum atomic E-state index is 13.0. The number of carbonyl (C=O) groups excluding carboxylic acids is 2. The van der Waals surface area contributed by atoms with Crippen molar-refractivity contribution in [2.75, 3.05) is 18.5 Å². The Balaban J connectivity index is 1.61. The molecule has 1 fully saturated rings. The van der Waals surface area contributed by atoms with Crippen LogP contribution in [0.3, 0.4) is 0 Å². The minimum Gasteiger partial charge on any atom is -0.445 e. The number of thiazole rings is 1. The van der Waals surface area contributed by atoms with Gasteiger partial charge in [0.2, 0.25) is 0 Å². The molecule has 1 atom stereocenters. The Hall–Kier alpha value is -2.69. The molecule has 4 heterocycles. The summed E-state index contributed by atoms with van der Waals surface area (Å²) in [5.41, 5.74) is 2.55. The largest absolute Gasteiger partial charge is 0.445 e. The van der Waals surface area contributed by atoms with Gasteiger partial charge < -0.3 is 10.1 Å². The van der Waals surface area contributed by atoms with Gasteiger partial charge in [0, 0.05) is 22.9 Å². The van der Waals surface area contributed by atoms with Crippen LogP contribution in [-0.4, -0.2) is 44.8 Å². The van der Waals surface area contributed by atoms with Gasteiger partial charge >= 0.3 is 6.09 Å². The monoisotopic (exact) mass is 477 g/mol. The third kappa shape index (κ3) is 4.81. The smallest absolute Gasteiger partial charge is 0.410 e. The summed E-state index contributed by atoms with van der Waals surface area (Å²) in [4.78, 5) is 32.2. The lowest BCUT2D eigenvalue weighted by atomic mass is 10.1. The van der Waals surface area contributed by atoms with Crippen molar-refractivity contribution in [2.24, 2.45) is 0 Å². The molecule has 1 aliphatic rings. The molecule has 11 heteroatoms. The maximum absolute atomic E-state index is 13.0. The normalized spacial score (nSPS) is 15.8. The third-order valence-electron chi connectivity index (χ3n) is 4.80. The van der Waals surface area contributed by atoms with Crippen molar-refractivity contribution in [1.82, 2.24) is 19.7 Å². The van der Waals surface area contributed by atoms with Crippen LogP contribution in [-0.2, 0) is 11.3 Å². The Morgan fingerprint density at radius 2 is 2.29 bits per heavy atom.